The molecule has 7 nitrogen and oxygen atoms in total. The molecule has 0 saturated heterocycles. The summed E-state index contributed by atoms with van der Waals surface area (Å²) in [4.78, 5) is 29.5. The molecule has 2 aromatic rings. The second-order valence-electron chi connectivity index (χ2n) is 5.76. The van der Waals surface area contributed by atoms with E-state index in [4.69, 9.17) is 14.3 Å². The average Bonchev–Trinajstić information content (AvgIpc) is 2.70. The number of esters is 1. The monoisotopic (exact) mass is 373 g/mol. The van der Waals surface area contributed by atoms with E-state index in [0.717, 1.165) is 11.1 Å². The number of carbonyl (C=O) groups excluding carboxylic acids is 2. The predicted octanol–water partition coefficient (Wildman–Crippen LogP) is 3.07. The molecule has 0 heterocycles. The van der Waals surface area contributed by atoms with Crippen molar-refractivity contribution in [1.82, 2.24) is 5.06 Å². The van der Waals surface area contributed by atoms with Crippen LogP contribution in [-0.4, -0.2) is 42.0 Å². The van der Waals surface area contributed by atoms with Crippen molar-refractivity contribution in [2.45, 2.75) is 26.0 Å². The van der Waals surface area contributed by atoms with Crippen LogP contribution in [0.25, 0.3) is 0 Å². The van der Waals surface area contributed by atoms with Crippen molar-refractivity contribution in [3.63, 3.8) is 0 Å². The highest BCUT2D eigenvalue weighted by Crippen LogP contribution is 2.15. The van der Waals surface area contributed by atoms with Crippen LogP contribution in [0.5, 0.6) is 5.75 Å². The molecule has 0 aliphatic rings. The van der Waals surface area contributed by atoms with Gasteiger partial charge in [-0.25, -0.2) is 4.79 Å². The first-order valence-corrected chi connectivity index (χ1v) is 8.54. The fourth-order valence-corrected chi connectivity index (χ4v) is 2.48. The number of ether oxygens (including phenoxy) is 2. The highest BCUT2D eigenvalue weighted by molar-refractivity contribution is 5.76. The Balaban J connectivity index is 2.01. The molecule has 0 bridgehead atoms. The summed E-state index contributed by atoms with van der Waals surface area (Å²) in [5, 5.41) is 10.6. The van der Waals surface area contributed by atoms with Gasteiger partial charge in [-0.15, -0.1) is 5.06 Å². The zero-order valence-corrected chi connectivity index (χ0v) is 15.3. The molecule has 0 aliphatic heterocycles. The van der Waals surface area contributed by atoms with Crippen LogP contribution in [0.3, 0.4) is 0 Å². The second kappa shape index (κ2) is 10.2. The number of hydrogen-bond acceptors (Lipinski definition) is 7. The summed E-state index contributed by atoms with van der Waals surface area (Å²) in [6.07, 6.45) is -0.660. The normalized spacial score (nSPS) is 11.7. The fourth-order valence-electron chi connectivity index (χ4n) is 2.48. The quantitative estimate of drug-likeness (QED) is 0.562. The van der Waals surface area contributed by atoms with Gasteiger partial charge in [0.05, 0.1) is 7.11 Å². The number of phenols is 1. The first kappa shape index (κ1) is 20.3. The highest BCUT2D eigenvalue weighted by atomic mass is 16.8. The van der Waals surface area contributed by atoms with Crippen molar-refractivity contribution in [2.24, 2.45) is 0 Å². The molecular formula is C20H23NO6. The van der Waals surface area contributed by atoms with Crippen molar-refractivity contribution < 1.29 is 29.0 Å². The molecule has 0 aromatic heterocycles. The van der Waals surface area contributed by atoms with Crippen LogP contribution >= 0.6 is 0 Å². The van der Waals surface area contributed by atoms with Crippen LogP contribution in [0.1, 0.15) is 18.1 Å². The van der Waals surface area contributed by atoms with Gasteiger partial charge in [0, 0.05) is 13.0 Å². The van der Waals surface area contributed by atoms with E-state index in [1.54, 1.807) is 19.1 Å². The Morgan fingerprint density at radius 1 is 1.04 bits per heavy atom. The third kappa shape index (κ3) is 6.31. The van der Waals surface area contributed by atoms with E-state index in [1.165, 1.54) is 24.3 Å². The van der Waals surface area contributed by atoms with E-state index >= 15 is 0 Å². The lowest BCUT2D eigenvalue weighted by atomic mass is 10.1. The SMILES string of the molecule is CCN(OC(=O)OCc1ccccc1)[C@@H](Cc1ccc(O)cc1)C(=O)OC. The Kier molecular flexibility index (Phi) is 7.63. The number of methoxy groups -OCH3 is 1. The molecule has 144 valence electrons. The van der Waals surface area contributed by atoms with Gasteiger partial charge < -0.3 is 19.4 Å². The Bertz CT molecular complexity index is 732. The van der Waals surface area contributed by atoms with E-state index in [2.05, 4.69) is 0 Å². The molecule has 0 spiro atoms. The zero-order chi connectivity index (χ0) is 19.6. The van der Waals surface area contributed by atoms with E-state index in [9.17, 15) is 14.7 Å². The Hall–Kier alpha value is -3.06. The lowest BCUT2D eigenvalue weighted by Gasteiger charge is -2.26. The molecule has 1 atom stereocenters. The van der Waals surface area contributed by atoms with Crippen LogP contribution < -0.4 is 0 Å². The summed E-state index contributed by atoms with van der Waals surface area (Å²) in [5.74, 6) is -0.415. The minimum Gasteiger partial charge on any atom is -0.508 e. The smallest absolute Gasteiger partial charge is 0.508 e. The summed E-state index contributed by atoms with van der Waals surface area (Å²) < 4.78 is 9.94. The number of carbonyl (C=O) groups is 2. The van der Waals surface area contributed by atoms with Gasteiger partial charge in [0.1, 0.15) is 18.4 Å². The van der Waals surface area contributed by atoms with Crippen LogP contribution in [0, 0.1) is 0 Å². The lowest BCUT2D eigenvalue weighted by Crippen LogP contribution is -2.44. The number of hydroxylamine groups is 2. The summed E-state index contributed by atoms with van der Waals surface area (Å²) >= 11 is 0. The molecule has 0 aliphatic carbocycles. The second-order valence-corrected chi connectivity index (χ2v) is 5.76. The maximum absolute atomic E-state index is 12.2. The minimum atomic E-state index is -0.902. The van der Waals surface area contributed by atoms with Gasteiger partial charge >= 0.3 is 12.1 Å². The maximum Gasteiger partial charge on any atom is 0.528 e. The average molecular weight is 373 g/mol. The van der Waals surface area contributed by atoms with Crippen LogP contribution in [0.2, 0.25) is 0 Å². The van der Waals surface area contributed by atoms with Crippen molar-refractivity contribution >= 4 is 12.1 Å². The molecule has 0 amide bonds. The van der Waals surface area contributed by atoms with Gasteiger partial charge in [-0.1, -0.05) is 42.5 Å². The molecule has 2 aromatic carbocycles. The molecule has 2 rings (SSSR count). The molecule has 0 radical (unpaired) electrons. The molecule has 0 fully saturated rings. The molecule has 0 unspecified atom stereocenters. The van der Waals surface area contributed by atoms with Crippen molar-refractivity contribution in [3.05, 3.63) is 65.7 Å². The van der Waals surface area contributed by atoms with Gasteiger partial charge in [-0.05, 0) is 30.2 Å². The summed E-state index contributed by atoms with van der Waals surface area (Å²) in [6, 6.07) is 14.8. The summed E-state index contributed by atoms with van der Waals surface area (Å²) in [7, 11) is 1.27. The molecular weight excluding hydrogens is 350 g/mol. The predicted molar refractivity (Wildman–Crippen MR) is 97.7 cm³/mol. The molecule has 0 saturated carbocycles. The van der Waals surface area contributed by atoms with E-state index < -0.39 is 18.2 Å². The van der Waals surface area contributed by atoms with Gasteiger partial charge in [0.15, 0.2) is 0 Å². The Morgan fingerprint density at radius 3 is 2.30 bits per heavy atom. The minimum absolute atomic E-state index is 0.0675. The number of nitrogens with zero attached hydrogens (tertiary/aromatic N) is 1. The fraction of sp³-hybridized carbons (Fsp3) is 0.300. The van der Waals surface area contributed by atoms with Gasteiger partial charge in [-0.3, -0.25) is 4.79 Å². The largest absolute Gasteiger partial charge is 0.528 e. The van der Waals surface area contributed by atoms with Gasteiger partial charge in [-0.2, -0.15) is 0 Å². The van der Waals surface area contributed by atoms with Crippen LogP contribution in [0.15, 0.2) is 54.6 Å². The Morgan fingerprint density at radius 2 is 1.70 bits per heavy atom. The summed E-state index contributed by atoms with van der Waals surface area (Å²) in [6.45, 7) is 2.08. The zero-order valence-electron chi connectivity index (χ0n) is 15.3. The third-order valence-corrected chi connectivity index (χ3v) is 3.89. The van der Waals surface area contributed by atoms with E-state index in [1.807, 2.05) is 30.3 Å². The third-order valence-electron chi connectivity index (χ3n) is 3.89. The topological polar surface area (TPSA) is 85.3 Å². The van der Waals surface area contributed by atoms with Crippen molar-refractivity contribution in [3.8, 4) is 5.75 Å². The van der Waals surface area contributed by atoms with E-state index in [0.29, 0.717) is 0 Å². The van der Waals surface area contributed by atoms with Gasteiger partial charge in [0.2, 0.25) is 0 Å². The standard InChI is InChI=1S/C20H23NO6/c1-3-21(27-20(24)26-14-16-7-5-4-6-8-16)18(19(23)25-2)13-15-9-11-17(22)12-10-15/h4-12,18,22H,3,13-14H2,1-2H3/t18-/m0/s1. The number of rotatable bonds is 8. The maximum atomic E-state index is 12.2. The summed E-state index contributed by atoms with van der Waals surface area (Å²) in [5.41, 5.74) is 1.61. The first-order valence-electron chi connectivity index (χ1n) is 8.54. The highest BCUT2D eigenvalue weighted by Gasteiger charge is 2.30. The number of hydrogen-bond donors (Lipinski definition) is 1. The number of phenolic OH excluding ortho intramolecular Hbond substituents is 1. The number of aromatic hydroxyl groups is 1. The van der Waals surface area contributed by atoms with Crippen molar-refractivity contribution in [2.75, 3.05) is 13.7 Å². The Labute approximate surface area is 158 Å². The van der Waals surface area contributed by atoms with E-state index in [-0.39, 0.29) is 25.3 Å². The first-order chi connectivity index (χ1) is 13.0. The lowest BCUT2D eigenvalue weighted by molar-refractivity contribution is -0.180. The van der Waals surface area contributed by atoms with Crippen molar-refractivity contribution in [1.29, 1.82) is 0 Å². The molecule has 7 heteroatoms. The molecule has 1 N–H and O–H groups in total. The number of likely N-dealkylation sites (N-methyl/N-ethyl adjacent to an activating group) is 1. The van der Waals surface area contributed by atoms with Gasteiger partial charge in [0.25, 0.3) is 0 Å². The molecule has 27 heavy (non-hydrogen) atoms. The van der Waals surface area contributed by atoms with Crippen LogP contribution in [0.4, 0.5) is 4.79 Å². The van der Waals surface area contributed by atoms with Crippen LogP contribution in [-0.2, 0) is 32.1 Å². The number of benzene rings is 2.